The molecule has 3 aromatic carbocycles. The number of carbonyl (C=O) groups is 2. The van der Waals surface area contributed by atoms with Gasteiger partial charge in [-0.15, -0.1) is 0 Å². The second-order valence-corrected chi connectivity index (χ2v) is 11.0. The number of rotatable bonds is 6. The van der Waals surface area contributed by atoms with Gasteiger partial charge in [0.2, 0.25) is 15.9 Å². The van der Waals surface area contributed by atoms with Gasteiger partial charge in [0.05, 0.1) is 17.0 Å². The van der Waals surface area contributed by atoms with Crippen molar-refractivity contribution in [2.75, 3.05) is 4.90 Å². The van der Waals surface area contributed by atoms with Crippen LogP contribution in [-0.4, -0.2) is 30.6 Å². The maximum absolute atomic E-state index is 13.7. The van der Waals surface area contributed by atoms with Crippen molar-refractivity contribution in [2.24, 2.45) is 0 Å². The van der Waals surface area contributed by atoms with Crippen LogP contribution in [0.15, 0.2) is 82.2 Å². The highest BCUT2D eigenvalue weighted by Gasteiger charge is 2.47. The van der Waals surface area contributed by atoms with Gasteiger partial charge in [0.25, 0.3) is 5.91 Å². The van der Waals surface area contributed by atoms with Crippen molar-refractivity contribution in [3.05, 3.63) is 92.9 Å². The van der Waals surface area contributed by atoms with Crippen LogP contribution in [0, 0.1) is 0 Å². The smallest absolute Gasteiger partial charge is 0.252 e. The van der Waals surface area contributed by atoms with Gasteiger partial charge in [-0.3, -0.25) is 9.59 Å². The molecule has 1 fully saturated rings. The Bertz CT molecular complexity index is 1320. The second-order valence-electron chi connectivity index (χ2n) is 7.36. The zero-order chi connectivity index (χ0) is 23.8. The van der Waals surface area contributed by atoms with E-state index in [9.17, 15) is 18.0 Å². The third-order valence-corrected chi connectivity index (χ3v) is 8.28. The number of imide groups is 1. The zero-order valence-corrected chi connectivity index (χ0v) is 20.9. The molecule has 0 spiro atoms. The topological polar surface area (TPSA) is 74.8 Å². The second kappa shape index (κ2) is 9.56. The standard InChI is InChI=1S/C23H17BrCl2N2O4S/c24-16-5-11-19(12-6-16)33(31,32)27(14-15-3-1-2-4-20(15)26)21-13-22(29)28(23(21)30)18-9-7-17(25)8-10-18/h1-12,21H,13-14H2. The average Bonchev–Trinajstić information content (AvgIpc) is 3.07. The van der Waals surface area contributed by atoms with Crippen LogP contribution in [0.4, 0.5) is 5.69 Å². The Morgan fingerprint density at radius 3 is 2.21 bits per heavy atom. The van der Waals surface area contributed by atoms with Crippen molar-refractivity contribution in [3.63, 3.8) is 0 Å². The first-order chi connectivity index (χ1) is 15.7. The molecule has 4 rings (SSSR count). The number of amides is 2. The van der Waals surface area contributed by atoms with Crippen LogP contribution >= 0.6 is 39.1 Å². The van der Waals surface area contributed by atoms with E-state index in [1.807, 2.05) is 0 Å². The number of benzene rings is 3. The number of anilines is 1. The van der Waals surface area contributed by atoms with Crippen LogP contribution in [0.3, 0.4) is 0 Å². The molecule has 1 aliphatic rings. The van der Waals surface area contributed by atoms with Crippen LogP contribution in [-0.2, 0) is 26.2 Å². The van der Waals surface area contributed by atoms with Gasteiger partial charge in [-0.05, 0) is 60.2 Å². The molecule has 0 saturated carbocycles. The maximum Gasteiger partial charge on any atom is 0.252 e. The predicted molar refractivity (Wildman–Crippen MR) is 131 cm³/mol. The highest BCUT2D eigenvalue weighted by atomic mass is 79.9. The molecule has 3 aromatic rings. The van der Waals surface area contributed by atoms with E-state index < -0.39 is 27.9 Å². The molecule has 170 valence electrons. The summed E-state index contributed by atoms with van der Waals surface area (Å²) in [5, 5.41) is 0.812. The fraction of sp³-hybridized carbons (Fsp3) is 0.130. The Kier molecular flexibility index (Phi) is 6.93. The van der Waals surface area contributed by atoms with E-state index in [-0.39, 0.29) is 17.9 Å². The summed E-state index contributed by atoms with van der Waals surface area (Å²) in [6.07, 6.45) is -0.290. The summed E-state index contributed by atoms with van der Waals surface area (Å²) in [5.41, 5.74) is 0.848. The minimum absolute atomic E-state index is 0.00273. The van der Waals surface area contributed by atoms with Gasteiger partial charge >= 0.3 is 0 Å². The molecule has 0 aliphatic carbocycles. The molecule has 1 atom stereocenters. The lowest BCUT2D eigenvalue weighted by atomic mass is 10.2. The first kappa shape index (κ1) is 23.9. The lowest BCUT2D eigenvalue weighted by Gasteiger charge is -2.27. The molecule has 2 amide bonds. The summed E-state index contributed by atoms with van der Waals surface area (Å²) < 4.78 is 29.1. The summed E-state index contributed by atoms with van der Waals surface area (Å²) in [7, 11) is -4.15. The summed E-state index contributed by atoms with van der Waals surface area (Å²) in [6, 6.07) is 17.9. The molecule has 0 aromatic heterocycles. The van der Waals surface area contributed by atoms with Crippen molar-refractivity contribution >= 4 is 66.7 Å². The van der Waals surface area contributed by atoms with Gasteiger partial charge in [0, 0.05) is 21.1 Å². The van der Waals surface area contributed by atoms with Gasteiger partial charge in [0.1, 0.15) is 6.04 Å². The molecule has 0 radical (unpaired) electrons. The minimum Gasteiger partial charge on any atom is -0.274 e. The number of nitrogens with zero attached hydrogens (tertiary/aromatic N) is 2. The molecule has 33 heavy (non-hydrogen) atoms. The SMILES string of the molecule is O=C1CC(N(Cc2ccccc2Cl)S(=O)(=O)c2ccc(Br)cc2)C(=O)N1c1ccc(Cl)cc1. The molecule has 1 heterocycles. The fourth-order valence-corrected chi connectivity index (χ4v) is 5.75. The lowest BCUT2D eigenvalue weighted by Crippen LogP contribution is -2.45. The summed E-state index contributed by atoms with van der Waals surface area (Å²) in [4.78, 5) is 27.2. The van der Waals surface area contributed by atoms with Crippen LogP contribution in [0.2, 0.25) is 10.0 Å². The minimum atomic E-state index is -4.15. The normalized spacial score (nSPS) is 16.6. The molecular weight excluding hydrogens is 551 g/mol. The Morgan fingerprint density at radius 1 is 0.939 bits per heavy atom. The molecule has 1 unspecified atom stereocenters. The molecule has 0 bridgehead atoms. The van der Waals surface area contributed by atoms with Gasteiger partial charge in [-0.1, -0.05) is 57.3 Å². The number of hydrogen-bond acceptors (Lipinski definition) is 4. The Balaban J connectivity index is 1.77. The van der Waals surface area contributed by atoms with Crippen molar-refractivity contribution in [1.29, 1.82) is 0 Å². The predicted octanol–water partition coefficient (Wildman–Crippen LogP) is 5.28. The van der Waals surface area contributed by atoms with Gasteiger partial charge in [-0.2, -0.15) is 4.31 Å². The largest absolute Gasteiger partial charge is 0.274 e. The first-order valence-corrected chi connectivity index (χ1v) is 12.8. The molecule has 0 N–H and O–H groups in total. The van der Waals surface area contributed by atoms with Crippen molar-refractivity contribution < 1.29 is 18.0 Å². The summed E-state index contributed by atoms with van der Waals surface area (Å²) >= 11 is 15.5. The first-order valence-electron chi connectivity index (χ1n) is 9.81. The Labute approximate surface area is 209 Å². The third kappa shape index (κ3) is 4.85. The highest BCUT2D eigenvalue weighted by Crippen LogP contribution is 2.32. The number of hydrogen-bond donors (Lipinski definition) is 0. The maximum atomic E-state index is 13.7. The van der Waals surface area contributed by atoms with E-state index in [0.29, 0.717) is 25.8 Å². The molecule has 6 nitrogen and oxygen atoms in total. The monoisotopic (exact) mass is 566 g/mol. The van der Waals surface area contributed by atoms with Crippen LogP contribution in [0.5, 0.6) is 0 Å². The molecule has 1 saturated heterocycles. The zero-order valence-electron chi connectivity index (χ0n) is 17.0. The Morgan fingerprint density at radius 2 is 1.58 bits per heavy atom. The van der Waals surface area contributed by atoms with Crippen LogP contribution in [0.25, 0.3) is 0 Å². The fourth-order valence-electron chi connectivity index (χ4n) is 3.60. The molecule has 1 aliphatic heterocycles. The molecule has 10 heteroatoms. The Hall–Kier alpha value is -2.23. The van der Waals surface area contributed by atoms with E-state index in [4.69, 9.17) is 23.2 Å². The number of carbonyl (C=O) groups excluding carboxylic acids is 2. The molecular formula is C23H17BrCl2N2O4S. The van der Waals surface area contributed by atoms with E-state index in [1.165, 1.54) is 12.1 Å². The van der Waals surface area contributed by atoms with Crippen molar-refractivity contribution in [3.8, 4) is 0 Å². The highest BCUT2D eigenvalue weighted by molar-refractivity contribution is 9.10. The quantitative estimate of drug-likeness (QED) is 0.380. The summed E-state index contributed by atoms with van der Waals surface area (Å²) in [5.74, 6) is -1.13. The van der Waals surface area contributed by atoms with Gasteiger partial charge in [-0.25, -0.2) is 13.3 Å². The summed E-state index contributed by atoms with van der Waals surface area (Å²) in [6.45, 7) is -0.170. The van der Waals surface area contributed by atoms with Crippen LogP contribution in [0.1, 0.15) is 12.0 Å². The number of sulfonamides is 1. The average molecular weight is 568 g/mol. The third-order valence-electron chi connectivity index (χ3n) is 5.26. The van der Waals surface area contributed by atoms with E-state index in [0.717, 1.165) is 9.21 Å². The van der Waals surface area contributed by atoms with Gasteiger partial charge < -0.3 is 0 Å². The van der Waals surface area contributed by atoms with Crippen LogP contribution < -0.4 is 4.90 Å². The van der Waals surface area contributed by atoms with Gasteiger partial charge in [0.15, 0.2) is 0 Å². The van der Waals surface area contributed by atoms with Crippen molar-refractivity contribution in [2.45, 2.75) is 23.9 Å². The van der Waals surface area contributed by atoms with Crippen molar-refractivity contribution in [1.82, 2.24) is 4.31 Å². The van der Waals surface area contributed by atoms with E-state index in [1.54, 1.807) is 60.7 Å². The number of halogens is 3. The van der Waals surface area contributed by atoms with E-state index in [2.05, 4.69) is 15.9 Å². The van der Waals surface area contributed by atoms with E-state index >= 15 is 0 Å². The lowest BCUT2D eigenvalue weighted by molar-refractivity contribution is -0.122.